The van der Waals surface area contributed by atoms with Gasteiger partial charge in [-0.15, -0.1) is 0 Å². The largest absolute Gasteiger partial charge is 0.455 e. The summed E-state index contributed by atoms with van der Waals surface area (Å²) >= 11 is 0. The van der Waals surface area contributed by atoms with Gasteiger partial charge in [-0.2, -0.15) is 0 Å². The van der Waals surface area contributed by atoms with Crippen LogP contribution in [0.4, 0.5) is 5.69 Å². The van der Waals surface area contributed by atoms with Gasteiger partial charge in [0, 0.05) is 12.7 Å². The summed E-state index contributed by atoms with van der Waals surface area (Å²) in [4.78, 5) is 22.1. The molecule has 3 N–H and O–H groups in total. The van der Waals surface area contributed by atoms with Crippen molar-refractivity contribution in [2.45, 2.75) is 6.42 Å². The predicted octanol–water partition coefficient (Wildman–Crippen LogP) is 0.100. The van der Waals surface area contributed by atoms with Gasteiger partial charge in [0.1, 0.15) is 0 Å². The van der Waals surface area contributed by atoms with Crippen LogP contribution < -0.4 is 11.1 Å². The van der Waals surface area contributed by atoms with Gasteiger partial charge in [-0.1, -0.05) is 18.2 Å². The molecule has 1 aromatic rings. The molecule has 0 heterocycles. The van der Waals surface area contributed by atoms with Gasteiger partial charge in [0.05, 0.1) is 6.42 Å². The van der Waals surface area contributed by atoms with Crippen LogP contribution in [0.25, 0.3) is 0 Å². The molecule has 5 heteroatoms. The van der Waals surface area contributed by atoms with E-state index in [9.17, 15) is 9.59 Å². The zero-order valence-corrected chi connectivity index (χ0v) is 9.03. The van der Waals surface area contributed by atoms with Crippen molar-refractivity contribution in [3.63, 3.8) is 0 Å². The van der Waals surface area contributed by atoms with Crippen LogP contribution in [0.3, 0.4) is 0 Å². The standard InChI is InChI=1S/C11H14N2O3/c1-13-10(14)7-16-11(15)6-8-4-2-3-5-9(8)12/h2-5H,6-7,12H2,1H3,(H,13,14). The second-order valence-corrected chi connectivity index (χ2v) is 3.21. The molecule has 0 bridgehead atoms. The number of para-hydroxylation sites is 1. The summed E-state index contributed by atoms with van der Waals surface area (Å²) in [5, 5.41) is 2.35. The Labute approximate surface area is 93.6 Å². The van der Waals surface area contributed by atoms with Crippen LogP contribution in [-0.2, 0) is 20.7 Å². The molecular weight excluding hydrogens is 208 g/mol. The van der Waals surface area contributed by atoms with Gasteiger partial charge < -0.3 is 15.8 Å². The van der Waals surface area contributed by atoms with E-state index >= 15 is 0 Å². The average molecular weight is 222 g/mol. The van der Waals surface area contributed by atoms with E-state index < -0.39 is 5.97 Å². The van der Waals surface area contributed by atoms with Gasteiger partial charge in [0.25, 0.3) is 5.91 Å². The lowest BCUT2D eigenvalue weighted by molar-refractivity contribution is -0.147. The lowest BCUT2D eigenvalue weighted by atomic mass is 10.1. The van der Waals surface area contributed by atoms with Crippen molar-refractivity contribution in [3.8, 4) is 0 Å². The molecule has 0 aliphatic carbocycles. The summed E-state index contributed by atoms with van der Waals surface area (Å²) in [5.41, 5.74) is 6.90. The molecule has 86 valence electrons. The monoisotopic (exact) mass is 222 g/mol. The maximum atomic E-state index is 11.3. The molecule has 0 unspecified atom stereocenters. The normalized spacial score (nSPS) is 9.56. The van der Waals surface area contributed by atoms with Gasteiger partial charge in [0.2, 0.25) is 0 Å². The fourth-order valence-corrected chi connectivity index (χ4v) is 1.12. The zero-order chi connectivity index (χ0) is 12.0. The number of hydrogen-bond donors (Lipinski definition) is 2. The van der Waals surface area contributed by atoms with E-state index in [-0.39, 0.29) is 18.9 Å². The third-order valence-corrected chi connectivity index (χ3v) is 2.03. The molecule has 0 spiro atoms. The minimum absolute atomic E-state index is 0.0731. The second-order valence-electron chi connectivity index (χ2n) is 3.21. The number of nitrogens with two attached hydrogens (primary N) is 1. The van der Waals surface area contributed by atoms with Gasteiger partial charge in [0.15, 0.2) is 6.61 Å². The van der Waals surface area contributed by atoms with E-state index in [0.29, 0.717) is 11.3 Å². The fourth-order valence-electron chi connectivity index (χ4n) is 1.12. The van der Waals surface area contributed by atoms with Crippen molar-refractivity contribution in [2.24, 2.45) is 0 Å². The van der Waals surface area contributed by atoms with Crippen LogP contribution in [-0.4, -0.2) is 25.5 Å². The molecule has 0 aliphatic heterocycles. The predicted molar refractivity (Wildman–Crippen MR) is 59.6 cm³/mol. The number of nitrogen functional groups attached to an aromatic ring is 1. The third-order valence-electron chi connectivity index (χ3n) is 2.03. The van der Waals surface area contributed by atoms with Crippen molar-refractivity contribution in [1.82, 2.24) is 5.32 Å². The SMILES string of the molecule is CNC(=O)COC(=O)Cc1ccccc1N. The number of rotatable bonds is 4. The molecule has 0 atom stereocenters. The molecule has 0 radical (unpaired) electrons. The van der Waals surface area contributed by atoms with E-state index in [1.807, 2.05) is 0 Å². The number of ether oxygens (including phenoxy) is 1. The van der Waals surface area contributed by atoms with Crippen molar-refractivity contribution >= 4 is 17.6 Å². The summed E-state index contributed by atoms with van der Waals surface area (Å²) in [6, 6.07) is 7.03. The van der Waals surface area contributed by atoms with E-state index in [0.717, 1.165) is 0 Å². The van der Waals surface area contributed by atoms with Crippen LogP contribution in [0.5, 0.6) is 0 Å². The van der Waals surface area contributed by atoms with E-state index in [1.165, 1.54) is 7.05 Å². The first-order valence-corrected chi connectivity index (χ1v) is 4.83. The number of likely N-dealkylation sites (N-methyl/N-ethyl adjacent to an activating group) is 1. The first-order valence-electron chi connectivity index (χ1n) is 4.83. The van der Waals surface area contributed by atoms with Crippen molar-refractivity contribution in [1.29, 1.82) is 0 Å². The third kappa shape index (κ3) is 3.61. The molecule has 0 saturated carbocycles. The Morgan fingerprint density at radius 1 is 1.38 bits per heavy atom. The van der Waals surface area contributed by atoms with Crippen LogP contribution >= 0.6 is 0 Å². The number of esters is 1. The lowest BCUT2D eigenvalue weighted by Gasteiger charge is -2.05. The molecule has 0 aliphatic rings. The highest BCUT2D eigenvalue weighted by atomic mass is 16.5. The number of hydrogen-bond acceptors (Lipinski definition) is 4. The van der Waals surface area contributed by atoms with Gasteiger partial charge in [-0.25, -0.2) is 0 Å². The Morgan fingerprint density at radius 3 is 2.69 bits per heavy atom. The molecular formula is C11H14N2O3. The van der Waals surface area contributed by atoms with Gasteiger partial charge in [-0.3, -0.25) is 9.59 Å². The van der Waals surface area contributed by atoms with Crippen LogP contribution in [0.15, 0.2) is 24.3 Å². The molecule has 1 rings (SSSR count). The molecule has 0 saturated heterocycles. The highest BCUT2D eigenvalue weighted by molar-refractivity contribution is 5.81. The molecule has 0 aromatic heterocycles. The van der Waals surface area contributed by atoms with Crippen molar-refractivity contribution in [2.75, 3.05) is 19.4 Å². The molecule has 5 nitrogen and oxygen atoms in total. The molecule has 0 fully saturated rings. The number of anilines is 1. The fraction of sp³-hybridized carbons (Fsp3) is 0.273. The maximum Gasteiger partial charge on any atom is 0.310 e. The summed E-state index contributed by atoms with van der Waals surface area (Å²) < 4.78 is 4.75. The topological polar surface area (TPSA) is 81.4 Å². The average Bonchev–Trinajstić information content (AvgIpc) is 2.29. The summed E-state index contributed by atoms with van der Waals surface area (Å²) in [5.74, 6) is -0.809. The first-order chi connectivity index (χ1) is 7.63. The smallest absolute Gasteiger partial charge is 0.310 e. The number of carbonyl (C=O) groups excluding carboxylic acids is 2. The number of benzene rings is 1. The van der Waals surface area contributed by atoms with Crippen molar-refractivity contribution in [3.05, 3.63) is 29.8 Å². The van der Waals surface area contributed by atoms with Gasteiger partial charge >= 0.3 is 5.97 Å². The quantitative estimate of drug-likeness (QED) is 0.559. The summed E-state index contributed by atoms with van der Waals surface area (Å²) in [7, 11) is 1.48. The molecule has 1 aromatic carbocycles. The minimum atomic E-state index is -0.471. The Hall–Kier alpha value is -2.04. The highest BCUT2D eigenvalue weighted by Crippen LogP contribution is 2.11. The highest BCUT2D eigenvalue weighted by Gasteiger charge is 2.08. The van der Waals surface area contributed by atoms with Gasteiger partial charge in [-0.05, 0) is 11.6 Å². The maximum absolute atomic E-state index is 11.3. The lowest BCUT2D eigenvalue weighted by Crippen LogP contribution is -2.25. The Kier molecular flexibility index (Phi) is 4.32. The van der Waals surface area contributed by atoms with Crippen LogP contribution in [0.1, 0.15) is 5.56 Å². The minimum Gasteiger partial charge on any atom is -0.455 e. The van der Waals surface area contributed by atoms with E-state index in [1.54, 1.807) is 24.3 Å². The number of nitrogens with one attached hydrogen (secondary N) is 1. The second kappa shape index (κ2) is 5.75. The zero-order valence-electron chi connectivity index (χ0n) is 9.03. The summed E-state index contributed by atoms with van der Waals surface area (Å²) in [6.45, 7) is -0.262. The summed E-state index contributed by atoms with van der Waals surface area (Å²) in [6.07, 6.45) is 0.0731. The Morgan fingerprint density at radius 2 is 2.06 bits per heavy atom. The van der Waals surface area contributed by atoms with Crippen molar-refractivity contribution < 1.29 is 14.3 Å². The Balaban J connectivity index is 2.46. The van der Waals surface area contributed by atoms with Crippen LogP contribution in [0, 0.1) is 0 Å². The number of carbonyl (C=O) groups is 2. The van der Waals surface area contributed by atoms with E-state index in [4.69, 9.17) is 10.5 Å². The Bertz CT molecular complexity index is 391. The first kappa shape index (κ1) is 12.0. The van der Waals surface area contributed by atoms with E-state index in [2.05, 4.69) is 5.32 Å². The van der Waals surface area contributed by atoms with Crippen LogP contribution in [0.2, 0.25) is 0 Å². The molecule has 16 heavy (non-hydrogen) atoms. The molecule has 1 amide bonds. The number of amides is 1.